The van der Waals surface area contributed by atoms with Gasteiger partial charge in [0.05, 0.1) is 60.9 Å². The fourth-order valence-corrected chi connectivity index (χ4v) is 5.16. The molecule has 0 saturated heterocycles. The Balaban J connectivity index is 0.000000214. The van der Waals surface area contributed by atoms with Crippen molar-refractivity contribution in [3.8, 4) is 11.6 Å². The Morgan fingerprint density at radius 2 is 1.16 bits per heavy atom. The zero-order valence-corrected chi connectivity index (χ0v) is 29.9. The van der Waals surface area contributed by atoms with Crippen LogP contribution >= 0.6 is 0 Å². The number of aromatic nitrogens is 8. The Labute approximate surface area is 317 Å². The zero-order chi connectivity index (χ0) is 40.2. The predicted octanol–water partition coefficient (Wildman–Crippen LogP) is 4.63. The molecule has 56 heavy (non-hydrogen) atoms. The minimum absolute atomic E-state index is 0.0376. The average Bonchev–Trinajstić information content (AvgIpc) is 3.93. The van der Waals surface area contributed by atoms with Crippen LogP contribution in [0.2, 0.25) is 0 Å². The largest absolute Gasteiger partial charge is 0.449 e. The lowest BCUT2D eigenvalue weighted by molar-refractivity contribution is -0.383. The molecule has 0 aliphatic carbocycles. The maximum atomic E-state index is 12.6. The van der Waals surface area contributed by atoms with Crippen LogP contribution < -0.4 is 21.3 Å². The summed E-state index contributed by atoms with van der Waals surface area (Å²) >= 11 is 0. The molecule has 0 unspecified atom stereocenters. The van der Waals surface area contributed by atoms with Crippen molar-refractivity contribution in [2.75, 3.05) is 34.5 Å². The zero-order valence-electron chi connectivity index (χ0n) is 29.9. The molecule has 6 aromatic rings. The molecule has 2 aromatic carbocycles. The highest BCUT2D eigenvalue weighted by Crippen LogP contribution is 2.37. The molecule has 2 amide bonds. The van der Waals surface area contributed by atoms with Gasteiger partial charge in [0.1, 0.15) is 11.4 Å². The van der Waals surface area contributed by atoms with Crippen molar-refractivity contribution in [3.63, 3.8) is 0 Å². The maximum Gasteiger partial charge on any atom is 0.414 e. The molecule has 0 aliphatic rings. The Kier molecular flexibility index (Phi) is 12.7. The number of nitro groups is 2. The van der Waals surface area contributed by atoms with E-state index in [9.17, 15) is 29.8 Å². The molecule has 4 N–H and O–H groups in total. The molecule has 22 heteroatoms. The van der Waals surface area contributed by atoms with Crippen LogP contribution in [-0.4, -0.2) is 75.2 Å². The number of anilines is 4. The fourth-order valence-electron chi connectivity index (χ4n) is 5.16. The van der Waals surface area contributed by atoms with Gasteiger partial charge in [-0.05, 0) is 25.0 Å². The van der Waals surface area contributed by atoms with Crippen molar-refractivity contribution in [3.05, 3.63) is 129 Å². The van der Waals surface area contributed by atoms with Crippen LogP contribution in [0.4, 0.5) is 44.0 Å². The Hall–Kier alpha value is -8.04. The monoisotopic (exact) mass is 766 g/mol. The number of carbonyl (C=O) groups is 2. The van der Waals surface area contributed by atoms with Gasteiger partial charge in [-0.25, -0.2) is 24.2 Å². The number of nitrogens with zero attached hydrogens (tertiary/aromatic N) is 12. The normalized spacial score (nSPS) is 10.5. The van der Waals surface area contributed by atoms with Crippen LogP contribution in [0.1, 0.15) is 25.0 Å². The summed E-state index contributed by atoms with van der Waals surface area (Å²) in [6.45, 7) is 3.58. The van der Waals surface area contributed by atoms with Crippen molar-refractivity contribution in [1.82, 2.24) is 40.0 Å². The Morgan fingerprint density at radius 3 is 1.57 bits per heavy atom. The molecular weight excluding hydrogens is 732 g/mol. The first-order valence-corrected chi connectivity index (χ1v) is 16.6. The molecule has 6 rings (SSSR count). The maximum absolute atomic E-state index is 12.6. The number of amides is 2. The Morgan fingerprint density at radius 1 is 0.714 bits per heavy atom. The van der Waals surface area contributed by atoms with Crippen LogP contribution in [0.25, 0.3) is 11.6 Å². The first-order chi connectivity index (χ1) is 27.0. The third-order valence-corrected chi connectivity index (χ3v) is 7.54. The van der Waals surface area contributed by atoms with Crippen LogP contribution in [-0.2, 0) is 22.6 Å². The molecule has 4 heterocycles. The Bertz CT molecular complexity index is 2110. The number of nitrogens with two attached hydrogens (primary N) is 2. The first kappa shape index (κ1) is 39.2. The summed E-state index contributed by atoms with van der Waals surface area (Å²) in [5, 5.41) is 38.7. The highest BCUT2D eigenvalue weighted by molar-refractivity contribution is 5.94. The summed E-state index contributed by atoms with van der Waals surface area (Å²) in [5.41, 5.74) is 12.1. The van der Waals surface area contributed by atoms with E-state index in [1.807, 2.05) is 12.1 Å². The van der Waals surface area contributed by atoms with Crippen molar-refractivity contribution in [2.24, 2.45) is 0 Å². The number of carbonyl (C=O) groups excluding carboxylic acids is 2. The number of pyridine rings is 2. The SMILES string of the molecule is CCOC(=O)N(Cc1ccccc1)c1cc(-n2ccnn2)nc(N)c1[N+](=O)[O-].CCOC(=O)N(Cc1ccccc1)c1cc(-n2nccn2)nc(N)c1[N+](=O)[O-]. The van der Waals surface area contributed by atoms with Crippen LogP contribution in [0, 0.1) is 20.2 Å². The van der Waals surface area contributed by atoms with Gasteiger partial charge in [-0.2, -0.15) is 10.2 Å². The summed E-state index contributed by atoms with van der Waals surface area (Å²) < 4.78 is 11.5. The summed E-state index contributed by atoms with van der Waals surface area (Å²) in [5.74, 6) is -0.407. The lowest BCUT2D eigenvalue weighted by Gasteiger charge is -2.22. The number of hydrogen-bond donors (Lipinski definition) is 2. The van der Waals surface area contributed by atoms with Gasteiger partial charge in [-0.1, -0.05) is 65.9 Å². The second-order valence-corrected chi connectivity index (χ2v) is 11.2. The lowest BCUT2D eigenvalue weighted by Crippen LogP contribution is -2.32. The summed E-state index contributed by atoms with van der Waals surface area (Å²) in [4.78, 5) is 58.6. The van der Waals surface area contributed by atoms with E-state index in [-0.39, 0.29) is 60.9 Å². The molecule has 0 aliphatic heterocycles. The van der Waals surface area contributed by atoms with E-state index in [1.165, 1.54) is 41.6 Å². The molecule has 288 valence electrons. The highest BCUT2D eigenvalue weighted by atomic mass is 16.6. The van der Waals surface area contributed by atoms with E-state index in [0.717, 1.165) is 25.7 Å². The highest BCUT2D eigenvalue weighted by Gasteiger charge is 2.32. The van der Waals surface area contributed by atoms with E-state index in [0.29, 0.717) is 0 Å². The predicted molar refractivity (Wildman–Crippen MR) is 200 cm³/mol. The molecule has 0 atom stereocenters. The minimum atomic E-state index is -0.751. The molecule has 0 radical (unpaired) electrons. The van der Waals surface area contributed by atoms with E-state index in [4.69, 9.17) is 20.9 Å². The van der Waals surface area contributed by atoms with Gasteiger partial charge in [-0.15, -0.1) is 9.90 Å². The van der Waals surface area contributed by atoms with Gasteiger partial charge >= 0.3 is 23.6 Å². The molecule has 4 aromatic heterocycles. The van der Waals surface area contributed by atoms with Gasteiger partial charge < -0.3 is 20.9 Å². The van der Waals surface area contributed by atoms with Crippen molar-refractivity contribution >= 4 is 46.6 Å². The minimum Gasteiger partial charge on any atom is -0.449 e. The van der Waals surface area contributed by atoms with Crippen molar-refractivity contribution in [2.45, 2.75) is 26.9 Å². The van der Waals surface area contributed by atoms with Crippen molar-refractivity contribution < 1.29 is 28.9 Å². The average molecular weight is 767 g/mol. The fraction of sp³-hybridized carbons (Fsp3) is 0.176. The third kappa shape index (κ3) is 9.30. The van der Waals surface area contributed by atoms with E-state index >= 15 is 0 Å². The summed E-state index contributed by atoms with van der Waals surface area (Å²) in [7, 11) is 0. The quantitative estimate of drug-likeness (QED) is 0.127. The molecule has 0 spiro atoms. The van der Waals surface area contributed by atoms with Crippen LogP contribution in [0.3, 0.4) is 0 Å². The van der Waals surface area contributed by atoms with Gasteiger partial charge in [0.2, 0.25) is 11.6 Å². The third-order valence-electron chi connectivity index (χ3n) is 7.54. The molecular formula is C34H34N14O8. The number of ether oxygens (including phenoxy) is 2. The van der Waals surface area contributed by atoms with Gasteiger partial charge in [-0.3, -0.25) is 30.0 Å². The summed E-state index contributed by atoms with van der Waals surface area (Å²) in [6, 6.07) is 20.7. The lowest BCUT2D eigenvalue weighted by atomic mass is 10.2. The topological polar surface area (TPSA) is 285 Å². The molecule has 22 nitrogen and oxygen atoms in total. The van der Waals surface area contributed by atoms with Crippen LogP contribution in [0.15, 0.2) is 97.6 Å². The van der Waals surface area contributed by atoms with E-state index < -0.39 is 33.4 Å². The number of rotatable bonds is 12. The van der Waals surface area contributed by atoms with E-state index in [1.54, 1.807) is 62.4 Å². The number of benzene rings is 2. The smallest absolute Gasteiger partial charge is 0.414 e. The van der Waals surface area contributed by atoms with E-state index in [2.05, 4.69) is 30.5 Å². The van der Waals surface area contributed by atoms with Gasteiger partial charge in [0.25, 0.3) is 0 Å². The molecule has 0 saturated carbocycles. The number of hydrogen-bond acceptors (Lipinski definition) is 16. The molecule has 0 fully saturated rings. The standard InChI is InChI=1S/2C17H17N7O4/c1-2-28-17(25)22(11-12-6-4-3-5-7-12)13-10-14(23-9-8-19-21-23)20-16(18)15(13)24(26)27;1-2-28-17(25)22(11-12-6-4-3-5-7-12)13-10-14(23-19-8-9-20-23)21-16(18)15(13)24(26)27/h3-10H,2,11H2,1H3,(H2,18,20);3-10H,2,11H2,1H3,(H2,18,21). The van der Waals surface area contributed by atoms with Gasteiger partial charge in [0, 0.05) is 12.1 Å². The second-order valence-electron chi connectivity index (χ2n) is 11.2. The van der Waals surface area contributed by atoms with Gasteiger partial charge in [0.15, 0.2) is 11.6 Å². The van der Waals surface area contributed by atoms with Crippen molar-refractivity contribution in [1.29, 1.82) is 0 Å². The molecule has 0 bridgehead atoms. The van der Waals surface area contributed by atoms with Crippen LogP contribution in [0.5, 0.6) is 0 Å². The first-order valence-electron chi connectivity index (χ1n) is 16.6. The second kappa shape index (κ2) is 18.1. The number of nitrogen functional groups attached to an aromatic ring is 2. The summed E-state index contributed by atoms with van der Waals surface area (Å²) in [6.07, 6.45) is 4.27.